The van der Waals surface area contributed by atoms with Gasteiger partial charge < -0.3 is 10.5 Å². The molecule has 0 bridgehead atoms. The molecule has 0 unspecified atom stereocenters. The van der Waals surface area contributed by atoms with Crippen LogP contribution in [0.5, 0.6) is 0 Å². The molecule has 1 aromatic rings. The second-order valence-corrected chi connectivity index (χ2v) is 4.49. The number of thiophene rings is 1. The Morgan fingerprint density at radius 2 is 2.36 bits per heavy atom. The summed E-state index contributed by atoms with van der Waals surface area (Å²) < 4.78 is 5.06. The van der Waals surface area contributed by atoms with Crippen LogP contribution in [0.2, 0.25) is 0 Å². The first-order valence-corrected chi connectivity index (χ1v) is 5.44. The molecule has 0 saturated carbocycles. The van der Waals surface area contributed by atoms with E-state index in [-0.39, 0.29) is 11.9 Å². The van der Waals surface area contributed by atoms with Crippen molar-refractivity contribution in [3.63, 3.8) is 0 Å². The summed E-state index contributed by atoms with van der Waals surface area (Å²) in [5, 5.41) is 1.95. The average molecular weight is 213 g/mol. The lowest BCUT2D eigenvalue weighted by molar-refractivity contribution is -0.147. The highest BCUT2D eigenvalue weighted by Crippen LogP contribution is 2.10. The molecule has 14 heavy (non-hydrogen) atoms. The molecule has 1 aromatic heterocycles. The van der Waals surface area contributed by atoms with Crippen LogP contribution in [-0.4, -0.2) is 12.0 Å². The number of esters is 1. The predicted octanol–water partition coefficient (Wildman–Crippen LogP) is 1.77. The maximum absolute atomic E-state index is 11.3. The molecule has 0 aliphatic rings. The SMILES string of the molecule is CC(C)[C@@H](N)C(=O)OCc1cccs1. The van der Waals surface area contributed by atoms with E-state index in [1.807, 2.05) is 31.4 Å². The third-order valence-corrected chi connectivity index (χ3v) is 2.78. The van der Waals surface area contributed by atoms with Crippen molar-refractivity contribution >= 4 is 17.3 Å². The first kappa shape index (κ1) is 11.2. The molecule has 0 spiro atoms. The molecule has 0 radical (unpaired) electrons. The summed E-state index contributed by atoms with van der Waals surface area (Å²) in [6.07, 6.45) is 0. The van der Waals surface area contributed by atoms with E-state index in [4.69, 9.17) is 10.5 Å². The Labute approximate surface area is 87.9 Å². The lowest BCUT2D eigenvalue weighted by Crippen LogP contribution is -2.36. The monoisotopic (exact) mass is 213 g/mol. The third kappa shape index (κ3) is 3.12. The van der Waals surface area contributed by atoms with Crippen molar-refractivity contribution in [2.75, 3.05) is 0 Å². The van der Waals surface area contributed by atoms with E-state index >= 15 is 0 Å². The molecule has 0 aromatic carbocycles. The van der Waals surface area contributed by atoms with Crippen LogP contribution in [0.25, 0.3) is 0 Å². The Hall–Kier alpha value is -0.870. The Morgan fingerprint density at radius 1 is 1.64 bits per heavy atom. The molecule has 3 nitrogen and oxygen atoms in total. The summed E-state index contributed by atoms with van der Waals surface area (Å²) in [6.45, 7) is 4.13. The lowest BCUT2D eigenvalue weighted by atomic mass is 10.1. The number of carbonyl (C=O) groups excluding carboxylic acids is 1. The minimum absolute atomic E-state index is 0.117. The van der Waals surface area contributed by atoms with Gasteiger partial charge in [0.15, 0.2) is 0 Å². The quantitative estimate of drug-likeness (QED) is 0.776. The number of carbonyl (C=O) groups is 1. The van der Waals surface area contributed by atoms with E-state index < -0.39 is 6.04 Å². The number of hydrogen-bond donors (Lipinski definition) is 1. The minimum Gasteiger partial charge on any atom is -0.459 e. The Kier molecular flexibility index (Phi) is 4.10. The van der Waals surface area contributed by atoms with Gasteiger partial charge in [0.25, 0.3) is 0 Å². The van der Waals surface area contributed by atoms with Crippen molar-refractivity contribution < 1.29 is 9.53 Å². The molecule has 0 saturated heterocycles. The van der Waals surface area contributed by atoms with Gasteiger partial charge in [0.05, 0.1) is 0 Å². The van der Waals surface area contributed by atoms with Crippen molar-refractivity contribution in [3.05, 3.63) is 22.4 Å². The predicted molar refractivity (Wildman–Crippen MR) is 56.9 cm³/mol. The fraction of sp³-hybridized carbons (Fsp3) is 0.500. The molecule has 78 valence electrons. The van der Waals surface area contributed by atoms with Crippen molar-refractivity contribution in [2.24, 2.45) is 11.7 Å². The molecular weight excluding hydrogens is 198 g/mol. The highest BCUT2D eigenvalue weighted by atomic mass is 32.1. The van der Waals surface area contributed by atoms with Crippen molar-refractivity contribution in [1.82, 2.24) is 0 Å². The van der Waals surface area contributed by atoms with E-state index in [0.29, 0.717) is 6.61 Å². The van der Waals surface area contributed by atoms with Gasteiger partial charge in [0, 0.05) is 4.88 Å². The van der Waals surface area contributed by atoms with Crippen LogP contribution in [0, 0.1) is 5.92 Å². The minimum atomic E-state index is -0.519. The highest BCUT2D eigenvalue weighted by molar-refractivity contribution is 7.09. The van der Waals surface area contributed by atoms with Gasteiger partial charge in [-0.2, -0.15) is 0 Å². The van der Waals surface area contributed by atoms with Crippen molar-refractivity contribution in [1.29, 1.82) is 0 Å². The first-order chi connectivity index (χ1) is 6.61. The summed E-state index contributed by atoms with van der Waals surface area (Å²) in [7, 11) is 0. The maximum Gasteiger partial charge on any atom is 0.323 e. The van der Waals surface area contributed by atoms with Crippen molar-refractivity contribution in [3.8, 4) is 0 Å². The summed E-state index contributed by atoms with van der Waals surface area (Å²) >= 11 is 1.57. The van der Waals surface area contributed by atoms with Gasteiger partial charge >= 0.3 is 5.97 Å². The smallest absolute Gasteiger partial charge is 0.323 e. The van der Waals surface area contributed by atoms with Crippen LogP contribution in [-0.2, 0) is 16.1 Å². The summed E-state index contributed by atoms with van der Waals surface area (Å²) in [5.41, 5.74) is 5.63. The van der Waals surface area contributed by atoms with Crippen LogP contribution < -0.4 is 5.73 Å². The summed E-state index contributed by atoms with van der Waals surface area (Å²) in [5.74, 6) is -0.209. The van der Waals surface area contributed by atoms with Gasteiger partial charge in [-0.15, -0.1) is 11.3 Å². The van der Waals surface area contributed by atoms with E-state index in [0.717, 1.165) is 4.88 Å². The molecule has 1 heterocycles. The standard InChI is InChI=1S/C10H15NO2S/c1-7(2)9(11)10(12)13-6-8-4-3-5-14-8/h3-5,7,9H,6,11H2,1-2H3/t9-/m1/s1. The van der Waals surface area contributed by atoms with Crippen LogP contribution in [0.1, 0.15) is 18.7 Å². The molecule has 0 aliphatic heterocycles. The zero-order chi connectivity index (χ0) is 10.6. The Bertz CT molecular complexity index is 282. The summed E-state index contributed by atoms with van der Waals surface area (Å²) in [4.78, 5) is 12.4. The van der Waals surface area contributed by atoms with Gasteiger partial charge in [0.1, 0.15) is 12.6 Å². The zero-order valence-electron chi connectivity index (χ0n) is 8.40. The van der Waals surface area contributed by atoms with Gasteiger partial charge in [-0.25, -0.2) is 0 Å². The average Bonchev–Trinajstić information content (AvgIpc) is 2.65. The lowest BCUT2D eigenvalue weighted by Gasteiger charge is -2.13. The Balaban J connectivity index is 2.35. The highest BCUT2D eigenvalue weighted by Gasteiger charge is 2.18. The molecule has 4 heteroatoms. The summed E-state index contributed by atoms with van der Waals surface area (Å²) in [6, 6.07) is 3.34. The number of hydrogen-bond acceptors (Lipinski definition) is 4. The van der Waals surface area contributed by atoms with Gasteiger partial charge in [-0.1, -0.05) is 19.9 Å². The molecule has 1 rings (SSSR count). The van der Waals surface area contributed by atoms with E-state index in [1.54, 1.807) is 11.3 Å². The van der Waals surface area contributed by atoms with Crippen molar-refractivity contribution in [2.45, 2.75) is 26.5 Å². The van der Waals surface area contributed by atoms with Crippen LogP contribution >= 0.6 is 11.3 Å². The van der Waals surface area contributed by atoms with E-state index in [1.165, 1.54) is 0 Å². The molecule has 0 fully saturated rings. The topological polar surface area (TPSA) is 52.3 Å². The van der Waals surface area contributed by atoms with Crippen LogP contribution in [0.4, 0.5) is 0 Å². The van der Waals surface area contributed by atoms with Crippen LogP contribution in [0.15, 0.2) is 17.5 Å². The zero-order valence-corrected chi connectivity index (χ0v) is 9.21. The fourth-order valence-corrected chi connectivity index (χ4v) is 1.52. The number of rotatable bonds is 4. The van der Waals surface area contributed by atoms with Gasteiger partial charge in [-0.05, 0) is 17.4 Å². The largest absolute Gasteiger partial charge is 0.459 e. The Morgan fingerprint density at radius 3 is 2.86 bits per heavy atom. The molecule has 0 aliphatic carbocycles. The first-order valence-electron chi connectivity index (χ1n) is 4.56. The normalized spacial score (nSPS) is 12.9. The molecule has 2 N–H and O–H groups in total. The number of ether oxygens (including phenoxy) is 1. The fourth-order valence-electron chi connectivity index (χ4n) is 0.905. The second-order valence-electron chi connectivity index (χ2n) is 3.46. The molecular formula is C10H15NO2S. The van der Waals surface area contributed by atoms with Gasteiger partial charge in [-0.3, -0.25) is 4.79 Å². The van der Waals surface area contributed by atoms with E-state index in [2.05, 4.69) is 0 Å². The molecule has 1 atom stereocenters. The second kappa shape index (κ2) is 5.12. The number of nitrogens with two attached hydrogens (primary N) is 1. The van der Waals surface area contributed by atoms with Crippen LogP contribution in [0.3, 0.4) is 0 Å². The maximum atomic E-state index is 11.3. The third-order valence-electron chi connectivity index (χ3n) is 1.93. The van der Waals surface area contributed by atoms with E-state index in [9.17, 15) is 4.79 Å². The van der Waals surface area contributed by atoms with Gasteiger partial charge in [0.2, 0.25) is 0 Å². The molecule has 0 amide bonds.